The van der Waals surface area contributed by atoms with Gasteiger partial charge in [-0.25, -0.2) is 4.98 Å². The van der Waals surface area contributed by atoms with Gasteiger partial charge in [0.05, 0.1) is 11.3 Å². The van der Waals surface area contributed by atoms with Crippen LogP contribution in [0.4, 0.5) is 0 Å². The molecule has 96 valence electrons. The van der Waals surface area contributed by atoms with Crippen LogP contribution in [0, 0.1) is 6.92 Å². The second kappa shape index (κ2) is 6.16. The van der Waals surface area contributed by atoms with Crippen molar-refractivity contribution in [2.24, 2.45) is 0 Å². The van der Waals surface area contributed by atoms with Crippen molar-refractivity contribution in [1.82, 2.24) is 10.3 Å². The Kier molecular flexibility index (Phi) is 4.55. The molecule has 0 aliphatic carbocycles. The zero-order valence-corrected chi connectivity index (χ0v) is 12.3. The third-order valence-corrected chi connectivity index (χ3v) is 3.76. The molecule has 2 rings (SSSR count). The van der Waals surface area contributed by atoms with E-state index in [1.165, 1.54) is 5.56 Å². The quantitative estimate of drug-likeness (QED) is 0.851. The molecule has 3 nitrogen and oxygen atoms in total. The van der Waals surface area contributed by atoms with Gasteiger partial charge < -0.3 is 9.73 Å². The number of nitrogens with one attached hydrogen (secondary N) is 1. The van der Waals surface area contributed by atoms with Crippen molar-refractivity contribution in [3.05, 3.63) is 40.2 Å². The fourth-order valence-electron chi connectivity index (χ4n) is 1.72. The molecule has 1 aromatic carbocycles. The molecule has 4 heteroatoms. The van der Waals surface area contributed by atoms with E-state index in [9.17, 15) is 0 Å². The minimum absolute atomic E-state index is 0.666. The molecule has 0 saturated heterocycles. The Morgan fingerprint density at radius 1 is 1.39 bits per heavy atom. The lowest BCUT2D eigenvalue weighted by Crippen LogP contribution is -2.13. The van der Waals surface area contributed by atoms with Gasteiger partial charge in [0.2, 0.25) is 5.89 Å². The lowest BCUT2D eigenvalue weighted by atomic mass is 10.1. The SMILES string of the molecule is CCCNCc1coc(-c2cccc(C)c2Br)n1. The van der Waals surface area contributed by atoms with Gasteiger partial charge in [-0.05, 0) is 47.4 Å². The molecule has 1 aromatic heterocycles. The average molecular weight is 309 g/mol. The highest BCUT2D eigenvalue weighted by Gasteiger charge is 2.11. The normalized spacial score (nSPS) is 10.8. The highest BCUT2D eigenvalue weighted by molar-refractivity contribution is 9.10. The summed E-state index contributed by atoms with van der Waals surface area (Å²) in [7, 11) is 0. The predicted octanol–water partition coefficient (Wildman–Crippen LogP) is 3.91. The van der Waals surface area contributed by atoms with Crippen molar-refractivity contribution >= 4 is 15.9 Å². The van der Waals surface area contributed by atoms with Crippen LogP contribution in [0.15, 0.2) is 33.4 Å². The third-order valence-electron chi connectivity index (χ3n) is 2.71. The topological polar surface area (TPSA) is 38.1 Å². The van der Waals surface area contributed by atoms with Gasteiger partial charge in [-0.3, -0.25) is 0 Å². The Morgan fingerprint density at radius 3 is 3.00 bits per heavy atom. The Balaban J connectivity index is 2.16. The van der Waals surface area contributed by atoms with E-state index in [-0.39, 0.29) is 0 Å². The zero-order valence-electron chi connectivity index (χ0n) is 10.7. The van der Waals surface area contributed by atoms with E-state index in [0.717, 1.165) is 35.2 Å². The van der Waals surface area contributed by atoms with Crippen molar-refractivity contribution in [2.75, 3.05) is 6.54 Å². The molecular formula is C14H17BrN2O. The molecule has 0 fully saturated rings. The molecule has 0 bridgehead atoms. The van der Waals surface area contributed by atoms with E-state index in [4.69, 9.17) is 4.42 Å². The number of rotatable bonds is 5. The highest BCUT2D eigenvalue weighted by Crippen LogP contribution is 2.30. The highest BCUT2D eigenvalue weighted by atomic mass is 79.9. The maximum absolute atomic E-state index is 5.54. The summed E-state index contributed by atoms with van der Waals surface area (Å²) in [6, 6.07) is 6.07. The number of hydrogen-bond acceptors (Lipinski definition) is 3. The predicted molar refractivity (Wildman–Crippen MR) is 76.4 cm³/mol. The largest absolute Gasteiger partial charge is 0.444 e. The van der Waals surface area contributed by atoms with E-state index < -0.39 is 0 Å². The van der Waals surface area contributed by atoms with E-state index in [1.54, 1.807) is 6.26 Å². The first-order chi connectivity index (χ1) is 8.72. The molecule has 0 unspecified atom stereocenters. The van der Waals surface area contributed by atoms with Crippen molar-refractivity contribution in [3.8, 4) is 11.5 Å². The number of benzene rings is 1. The van der Waals surface area contributed by atoms with Crippen LogP contribution in [0.2, 0.25) is 0 Å². The van der Waals surface area contributed by atoms with E-state index in [1.807, 2.05) is 12.1 Å². The molecule has 0 aliphatic heterocycles. The van der Waals surface area contributed by atoms with Crippen molar-refractivity contribution in [3.63, 3.8) is 0 Å². The minimum Gasteiger partial charge on any atom is -0.444 e. The van der Waals surface area contributed by atoms with Crippen LogP contribution in [-0.2, 0) is 6.54 Å². The summed E-state index contributed by atoms with van der Waals surface area (Å²) in [6.45, 7) is 5.95. The number of nitrogens with zero attached hydrogens (tertiary/aromatic N) is 1. The molecule has 1 N–H and O–H groups in total. The average Bonchev–Trinajstić information content (AvgIpc) is 2.82. The fraction of sp³-hybridized carbons (Fsp3) is 0.357. The number of aryl methyl sites for hydroxylation is 1. The summed E-state index contributed by atoms with van der Waals surface area (Å²) >= 11 is 3.57. The first-order valence-electron chi connectivity index (χ1n) is 6.13. The smallest absolute Gasteiger partial charge is 0.227 e. The van der Waals surface area contributed by atoms with Crippen molar-refractivity contribution < 1.29 is 4.42 Å². The first kappa shape index (κ1) is 13.3. The molecule has 0 saturated carbocycles. The fourth-order valence-corrected chi connectivity index (χ4v) is 2.15. The van der Waals surface area contributed by atoms with Gasteiger partial charge in [0, 0.05) is 11.0 Å². The standard InChI is InChI=1S/C14H17BrN2O/c1-3-7-16-8-11-9-18-14(17-11)12-6-4-5-10(2)13(12)15/h4-6,9,16H,3,7-8H2,1-2H3. The molecule has 0 amide bonds. The molecule has 0 aliphatic rings. The number of hydrogen-bond donors (Lipinski definition) is 1. The first-order valence-corrected chi connectivity index (χ1v) is 6.92. The zero-order chi connectivity index (χ0) is 13.0. The second-order valence-electron chi connectivity index (χ2n) is 4.26. The van der Waals surface area contributed by atoms with Crippen LogP contribution in [0.1, 0.15) is 24.6 Å². The van der Waals surface area contributed by atoms with Gasteiger partial charge in [-0.2, -0.15) is 0 Å². The van der Waals surface area contributed by atoms with E-state index in [0.29, 0.717) is 5.89 Å². The lowest BCUT2D eigenvalue weighted by molar-refractivity contribution is 0.569. The van der Waals surface area contributed by atoms with Gasteiger partial charge in [0.15, 0.2) is 0 Å². The van der Waals surface area contributed by atoms with Crippen LogP contribution >= 0.6 is 15.9 Å². The summed E-state index contributed by atoms with van der Waals surface area (Å²) in [6.07, 6.45) is 2.83. The van der Waals surface area contributed by atoms with Crippen LogP contribution in [0.3, 0.4) is 0 Å². The monoisotopic (exact) mass is 308 g/mol. The maximum Gasteiger partial charge on any atom is 0.227 e. The van der Waals surface area contributed by atoms with Crippen LogP contribution in [0.5, 0.6) is 0 Å². The van der Waals surface area contributed by atoms with Crippen LogP contribution in [0.25, 0.3) is 11.5 Å². The van der Waals surface area contributed by atoms with E-state index >= 15 is 0 Å². The molecular weight excluding hydrogens is 292 g/mol. The second-order valence-corrected chi connectivity index (χ2v) is 5.05. The summed E-state index contributed by atoms with van der Waals surface area (Å²) in [5.74, 6) is 0.666. The minimum atomic E-state index is 0.666. The van der Waals surface area contributed by atoms with Gasteiger partial charge in [0.1, 0.15) is 6.26 Å². The molecule has 0 radical (unpaired) electrons. The van der Waals surface area contributed by atoms with Gasteiger partial charge >= 0.3 is 0 Å². The summed E-state index contributed by atoms with van der Waals surface area (Å²) < 4.78 is 6.58. The van der Waals surface area contributed by atoms with Gasteiger partial charge in [0.25, 0.3) is 0 Å². The van der Waals surface area contributed by atoms with Crippen LogP contribution < -0.4 is 5.32 Å². The van der Waals surface area contributed by atoms with E-state index in [2.05, 4.69) is 46.1 Å². The molecule has 0 spiro atoms. The maximum atomic E-state index is 5.54. The third kappa shape index (κ3) is 3.00. The van der Waals surface area contributed by atoms with Crippen molar-refractivity contribution in [1.29, 1.82) is 0 Å². The van der Waals surface area contributed by atoms with Gasteiger partial charge in [-0.1, -0.05) is 19.1 Å². The Labute approximate surface area is 116 Å². The molecule has 0 atom stereocenters. The van der Waals surface area contributed by atoms with Crippen LogP contribution in [-0.4, -0.2) is 11.5 Å². The molecule has 1 heterocycles. The summed E-state index contributed by atoms with van der Waals surface area (Å²) in [4.78, 5) is 4.50. The number of halogens is 1. The summed E-state index contributed by atoms with van der Waals surface area (Å²) in [5.41, 5.74) is 3.11. The van der Waals surface area contributed by atoms with Crippen molar-refractivity contribution in [2.45, 2.75) is 26.8 Å². The lowest BCUT2D eigenvalue weighted by Gasteiger charge is -2.02. The number of aromatic nitrogens is 1. The molecule has 2 aromatic rings. The molecule has 18 heavy (non-hydrogen) atoms. The number of oxazole rings is 1. The Bertz CT molecular complexity index is 522. The Hall–Kier alpha value is -1.13. The summed E-state index contributed by atoms with van der Waals surface area (Å²) in [5, 5.41) is 3.31. The van der Waals surface area contributed by atoms with Gasteiger partial charge in [-0.15, -0.1) is 0 Å². The Morgan fingerprint density at radius 2 is 2.22 bits per heavy atom.